The van der Waals surface area contributed by atoms with Crippen LogP contribution in [0.15, 0.2) is 0 Å². The molecule has 0 bridgehead atoms. The Kier molecular flexibility index (Phi) is 13.1. The maximum atomic E-state index is 4.64. The molecule has 38 valence electrons. The molecule has 0 heterocycles. The fourth-order valence-electron chi connectivity index (χ4n) is 0.123. The molecule has 0 saturated carbocycles. The van der Waals surface area contributed by atoms with Crippen molar-refractivity contribution in [2.75, 3.05) is 6.61 Å². The van der Waals surface area contributed by atoms with Gasteiger partial charge in [-0.2, -0.15) is 0 Å². The van der Waals surface area contributed by atoms with E-state index in [-0.39, 0.29) is 52.8 Å². The van der Waals surface area contributed by atoms with Crippen molar-refractivity contribution in [3.05, 3.63) is 0 Å². The summed E-state index contributed by atoms with van der Waals surface area (Å²) in [6.45, 7) is 2.48. The van der Waals surface area contributed by atoms with Crippen LogP contribution >= 0.6 is 24.8 Å². The maximum Gasteiger partial charge on any atom is 1.00 e. The van der Waals surface area contributed by atoms with Crippen molar-refractivity contribution in [1.82, 2.24) is 0 Å². The van der Waals surface area contributed by atoms with E-state index in [0.29, 0.717) is 11.0 Å². The Morgan fingerprint density at radius 3 is 2.43 bits per heavy atom. The zero-order valence-corrected chi connectivity index (χ0v) is 9.30. The normalized spacial score (nSPS) is 6.57. The van der Waals surface area contributed by atoms with E-state index in [9.17, 15) is 0 Å². The third-order valence-corrected chi connectivity index (χ3v) is 0.515. The molecule has 1 nitrogen and oxygen atoms in total. The van der Waals surface area contributed by atoms with Crippen LogP contribution in [0.2, 0.25) is 0 Å². The van der Waals surface area contributed by atoms with Gasteiger partial charge in [-0.15, -0.1) is 0 Å². The van der Waals surface area contributed by atoms with Gasteiger partial charge in [0.05, 0.1) is 6.61 Å². The number of thiol groups is 1. The van der Waals surface area contributed by atoms with E-state index in [1.165, 1.54) is 0 Å². The summed E-state index contributed by atoms with van der Waals surface area (Å²) in [5, 5.41) is 0. The van der Waals surface area contributed by atoms with Crippen molar-refractivity contribution in [2.45, 2.75) is 6.92 Å². The number of rotatable bonds is 1. The van der Waals surface area contributed by atoms with Gasteiger partial charge in [0.25, 0.3) is 0 Å². The second-order valence-electron chi connectivity index (χ2n) is 0.699. The molecule has 0 rings (SSSR count). The molecule has 0 radical (unpaired) electrons. The summed E-state index contributed by atoms with van der Waals surface area (Å²) in [4.78, 5) is 0. The summed E-state index contributed by atoms with van der Waals surface area (Å²) < 4.78 is 4.95. The first-order valence-corrected chi connectivity index (χ1v) is 2.48. The van der Waals surface area contributed by atoms with Gasteiger partial charge in [0.1, 0.15) is 0 Å². The molecule has 0 saturated heterocycles. The minimum atomic E-state index is 0. The van der Waals surface area contributed by atoms with Gasteiger partial charge in [0, 0.05) is 0 Å². The molecule has 0 aliphatic carbocycles. The Morgan fingerprint density at radius 2 is 2.43 bits per heavy atom. The molecule has 7 heavy (non-hydrogen) atoms. The molecular formula is C3H7KOS2. The molecule has 0 aliphatic rings. The quantitative estimate of drug-likeness (QED) is 0.281. The van der Waals surface area contributed by atoms with Gasteiger partial charge in [-0.3, -0.25) is 0 Å². The average Bonchev–Trinajstić information content (AvgIpc) is 1.35. The number of hydrogen-bond donors (Lipinski definition) is 1. The predicted molar refractivity (Wildman–Crippen MR) is 34.3 cm³/mol. The van der Waals surface area contributed by atoms with Crippen LogP contribution in [0.25, 0.3) is 0 Å². The predicted octanol–water partition coefficient (Wildman–Crippen LogP) is -1.65. The standard InChI is InChI=1S/C3H6OS2.K.H/c1-2-4-3(5)6;;/h2H2,1H3,(H,5,6);;/q;+1;-1. The molecule has 0 aromatic carbocycles. The van der Waals surface area contributed by atoms with Crippen molar-refractivity contribution in [3.63, 3.8) is 0 Å². The Hall–Kier alpha value is 1.88. The molecule has 0 aromatic heterocycles. The fourth-order valence-corrected chi connectivity index (χ4v) is 0.370. The molecule has 0 amide bonds. The molecule has 0 atom stereocenters. The van der Waals surface area contributed by atoms with Crippen LogP contribution in [-0.4, -0.2) is 11.0 Å². The molecular weight excluding hydrogens is 155 g/mol. The maximum absolute atomic E-state index is 4.64. The van der Waals surface area contributed by atoms with E-state index < -0.39 is 0 Å². The zero-order valence-electron chi connectivity index (χ0n) is 5.47. The smallest absolute Gasteiger partial charge is 1.00 e. The van der Waals surface area contributed by atoms with Crippen molar-refractivity contribution in [3.8, 4) is 0 Å². The van der Waals surface area contributed by atoms with Gasteiger partial charge in [-0.25, -0.2) is 0 Å². The van der Waals surface area contributed by atoms with Gasteiger partial charge in [0.2, 0.25) is 4.38 Å². The molecule has 0 spiro atoms. The summed E-state index contributed by atoms with van der Waals surface area (Å²) >= 11 is 8.12. The first kappa shape index (κ1) is 11.6. The van der Waals surface area contributed by atoms with E-state index in [1.54, 1.807) is 0 Å². The number of thiocarbonyl (C=S) groups is 1. The van der Waals surface area contributed by atoms with Crippen molar-refractivity contribution >= 4 is 29.2 Å². The van der Waals surface area contributed by atoms with E-state index in [4.69, 9.17) is 0 Å². The minimum absolute atomic E-state index is 0. The first-order chi connectivity index (χ1) is 2.77. The Balaban J connectivity index is -0.000000125. The third kappa shape index (κ3) is 11.4. The van der Waals surface area contributed by atoms with E-state index in [2.05, 4.69) is 29.6 Å². The molecule has 4 heteroatoms. The molecule has 0 aliphatic heterocycles. The average molecular weight is 162 g/mol. The summed E-state index contributed by atoms with van der Waals surface area (Å²) in [7, 11) is 0. The van der Waals surface area contributed by atoms with Crippen molar-refractivity contribution < 1.29 is 57.5 Å². The summed E-state index contributed by atoms with van der Waals surface area (Å²) in [6.07, 6.45) is 0. The van der Waals surface area contributed by atoms with Gasteiger partial charge in [0.15, 0.2) is 0 Å². The van der Waals surface area contributed by atoms with Crippen LogP contribution < -0.4 is 51.4 Å². The van der Waals surface area contributed by atoms with Crippen LogP contribution in [-0.2, 0) is 4.74 Å². The first-order valence-electron chi connectivity index (χ1n) is 1.63. The largest absolute Gasteiger partial charge is 1.00 e. The zero-order chi connectivity index (χ0) is 4.99. The van der Waals surface area contributed by atoms with Gasteiger partial charge in [-0.1, -0.05) is 12.6 Å². The summed E-state index contributed by atoms with van der Waals surface area (Å²) in [5.74, 6) is 0. The van der Waals surface area contributed by atoms with Crippen LogP contribution in [0.5, 0.6) is 0 Å². The van der Waals surface area contributed by atoms with Crippen molar-refractivity contribution in [2.24, 2.45) is 0 Å². The summed E-state index contributed by atoms with van der Waals surface area (Å²) in [5.41, 5.74) is 0. The third-order valence-electron chi connectivity index (χ3n) is 0.268. The van der Waals surface area contributed by atoms with Crippen LogP contribution in [0, 0.1) is 0 Å². The number of ether oxygens (including phenoxy) is 1. The second-order valence-corrected chi connectivity index (χ2v) is 1.78. The van der Waals surface area contributed by atoms with Crippen molar-refractivity contribution in [1.29, 1.82) is 0 Å². The van der Waals surface area contributed by atoms with E-state index >= 15 is 0 Å². The minimum Gasteiger partial charge on any atom is -1.00 e. The monoisotopic (exact) mass is 162 g/mol. The molecule has 0 N–H and O–H groups in total. The van der Waals surface area contributed by atoms with Crippen LogP contribution in [0.1, 0.15) is 8.35 Å². The fraction of sp³-hybridized carbons (Fsp3) is 0.667. The molecule has 0 aromatic rings. The van der Waals surface area contributed by atoms with Gasteiger partial charge in [-0.05, 0) is 19.1 Å². The summed E-state index contributed by atoms with van der Waals surface area (Å²) in [6, 6.07) is 0. The van der Waals surface area contributed by atoms with Gasteiger partial charge >= 0.3 is 51.4 Å². The molecule has 0 unspecified atom stereocenters. The Morgan fingerprint density at radius 1 is 2.00 bits per heavy atom. The second kappa shape index (κ2) is 7.88. The number of hydrogen-bond acceptors (Lipinski definition) is 2. The Labute approximate surface area is 98.5 Å². The van der Waals surface area contributed by atoms with Gasteiger partial charge < -0.3 is 6.16 Å². The van der Waals surface area contributed by atoms with Crippen LogP contribution in [0.3, 0.4) is 0 Å². The SMILES string of the molecule is CCOC(=S)S.[H-].[K+]. The topological polar surface area (TPSA) is 9.23 Å². The Bertz CT molecular complexity index is 61.2. The molecule has 0 fully saturated rings. The van der Waals surface area contributed by atoms with Crippen LogP contribution in [0.4, 0.5) is 0 Å². The van der Waals surface area contributed by atoms with E-state index in [1.807, 2.05) is 6.92 Å². The van der Waals surface area contributed by atoms with E-state index in [0.717, 1.165) is 0 Å².